The van der Waals surface area contributed by atoms with Crippen LogP contribution in [0.3, 0.4) is 0 Å². The first-order chi connectivity index (χ1) is 12.1. The fraction of sp³-hybridized carbons (Fsp3) is 0.500. The third-order valence-corrected chi connectivity index (χ3v) is 4.42. The van der Waals surface area contributed by atoms with Crippen molar-refractivity contribution in [1.29, 1.82) is 5.26 Å². The summed E-state index contributed by atoms with van der Waals surface area (Å²) in [6.07, 6.45) is 6.13. The Hall–Kier alpha value is -2.32. The first-order valence-electron chi connectivity index (χ1n) is 8.90. The van der Waals surface area contributed by atoms with Crippen LogP contribution >= 0.6 is 0 Å². The van der Waals surface area contributed by atoms with Crippen LogP contribution in [0, 0.1) is 11.3 Å². The van der Waals surface area contributed by atoms with Crippen molar-refractivity contribution >= 4 is 17.7 Å². The predicted octanol–water partition coefficient (Wildman–Crippen LogP) is 3.13. The lowest BCUT2D eigenvalue weighted by molar-refractivity contribution is -0.117. The zero-order valence-corrected chi connectivity index (χ0v) is 15.1. The zero-order chi connectivity index (χ0) is 18.1. The molecule has 1 aromatic carbocycles. The number of rotatable bonds is 7. The van der Waals surface area contributed by atoms with E-state index in [1.165, 1.54) is 24.9 Å². The summed E-state index contributed by atoms with van der Waals surface area (Å²) in [7, 11) is 1.63. The van der Waals surface area contributed by atoms with E-state index in [2.05, 4.69) is 22.3 Å². The molecule has 0 radical (unpaired) electrons. The maximum absolute atomic E-state index is 12.2. The Labute approximate surface area is 150 Å². The van der Waals surface area contributed by atoms with E-state index >= 15 is 0 Å². The lowest BCUT2D eigenvalue weighted by Crippen LogP contribution is -2.34. The molecule has 25 heavy (non-hydrogen) atoms. The van der Waals surface area contributed by atoms with Crippen LogP contribution in [-0.2, 0) is 9.53 Å². The van der Waals surface area contributed by atoms with Crippen molar-refractivity contribution in [3.05, 3.63) is 35.4 Å². The molecule has 1 aliphatic rings. The summed E-state index contributed by atoms with van der Waals surface area (Å²) < 4.78 is 5.00. The van der Waals surface area contributed by atoms with Gasteiger partial charge in [0.1, 0.15) is 11.6 Å². The van der Waals surface area contributed by atoms with Gasteiger partial charge in [-0.05, 0) is 56.4 Å². The van der Waals surface area contributed by atoms with Gasteiger partial charge in [-0.1, -0.05) is 12.1 Å². The summed E-state index contributed by atoms with van der Waals surface area (Å²) in [5, 5.41) is 12.1. The number of nitrogens with zero attached hydrogens (tertiary/aromatic N) is 2. The smallest absolute Gasteiger partial charge is 0.262 e. The minimum Gasteiger partial charge on any atom is -0.385 e. The molecule has 1 fully saturated rings. The average molecular weight is 341 g/mol. The van der Waals surface area contributed by atoms with Crippen molar-refractivity contribution in [3.8, 4) is 6.07 Å². The summed E-state index contributed by atoms with van der Waals surface area (Å²) in [5.74, 6) is -0.341. The number of hydrogen-bond acceptors (Lipinski definition) is 4. The van der Waals surface area contributed by atoms with E-state index in [1.54, 1.807) is 13.2 Å². The normalized spacial score (nSPS) is 16.2. The van der Waals surface area contributed by atoms with Crippen LogP contribution in [0.4, 0.5) is 5.69 Å². The highest BCUT2D eigenvalue weighted by Gasteiger charge is 2.13. The van der Waals surface area contributed by atoms with E-state index < -0.39 is 0 Å². The molecule has 1 saturated heterocycles. The maximum Gasteiger partial charge on any atom is 0.262 e. The first kappa shape index (κ1) is 19.0. The maximum atomic E-state index is 12.2. The molecule has 134 valence electrons. The van der Waals surface area contributed by atoms with Crippen molar-refractivity contribution < 1.29 is 9.53 Å². The molecule has 1 aromatic rings. The lowest BCUT2D eigenvalue weighted by atomic mass is 10.1. The molecular formula is C20H27N3O2. The Morgan fingerprint density at radius 2 is 2.00 bits per heavy atom. The van der Waals surface area contributed by atoms with Crippen molar-refractivity contribution in [1.82, 2.24) is 5.32 Å². The van der Waals surface area contributed by atoms with Gasteiger partial charge in [0.2, 0.25) is 0 Å². The second-order valence-electron chi connectivity index (χ2n) is 6.47. The molecule has 0 spiro atoms. The molecule has 5 heteroatoms. The van der Waals surface area contributed by atoms with Gasteiger partial charge >= 0.3 is 0 Å². The van der Waals surface area contributed by atoms with Crippen LogP contribution < -0.4 is 10.2 Å². The van der Waals surface area contributed by atoms with Crippen LogP contribution in [0.2, 0.25) is 0 Å². The Bertz CT molecular complexity index is 625. The molecule has 1 N–H and O–H groups in total. The summed E-state index contributed by atoms with van der Waals surface area (Å²) >= 11 is 0. The Morgan fingerprint density at radius 1 is 1.32 bits per heavy atom. The predicted molar refractivity (Wildman–Crippen MR) is 100 cm³/mol. The fourth-order valence-electron chi connectivity index (χ4n) is 2.92. The highest BCUT2D eigenvalue weighted by atomic mass is 16.5. The molecule has 5 nitrogen and oxygen atoms in total. The van der Waals surface area contributed by atoms with Gasteiger partial charge in [0.15, 0.2) is 0 Å². The zero-order valence-electron chi connectivity index (χ0n) is 15.1. The standard InChI is InChI=1S/C20H27N3O2/c1-16(10-13-25-2)22-20(24)18(15-21)14-17-6-8-19(9-7-17)23-11-4-3-5-12-23/h6-9,14,16H,3-5,10-13H2,1-2H3,(H,22,24)/b18-14+. The topological polar surface area (TPSA) is 65.4 Å². The number of carbonyl (C=O) groups is 1. The number of carbonyl (C=O) groups excluding carboxylic acids is 1. The van der Waals surface area contributed by atoms with Crippen molar-refractivity contribution in [2.45, 2.75) is 38.6 Å². The number of benzene rings is 1. The molecule has 0 aliphatic carbocycles. The number of nitriles is 1. The first-order valence-corrected chi connectivity index (χ1v) is 8.90. The van der Waals surface area contributed by atoms with Gasteiger partial charge in [0.05, 0.1) is 0 Å². The van der Waals surface area contributed by atoms with Crippen molar-refractivity contribution in [2.75, 3.05) is 31.7 Å². The van der Waals surface area contributed by atoms with Crippen LogP contribution in [0.5, 0.6) is 0 Å². The number of amides is 1. The van der Waals surface area contributed by atoms with E-state index in [0.29, 0.717) is 13.0 Å². The molecular weight excluding hydrogens is 314 g/mol. The van der Waals surface area contributed by atoms with E-state index in [1.807, 2.05) is 25.1 Å². The highest BCUT2D eigenvalue weighted by Crippen LogP contribution is 2.21. The van der Waals surface area contributed by atoms with Gasteiger partial charge in [0.25, 0.3) is 5.91 Å². The van der Waals surface area contributed by atoms with Crippen LogP contribution in [0.1, 0.15) is 38.2 Å². The van der Waals surface area contributed by atoms with E-state index in [0.717, 1.165) is 18.7 Å². The quantitative estimate of drug-likeness (QED) is 0.611. The SMILES string of the molecule is COCCC(C)NC(=O)/C(C#N)=C/c1ccc(N2CCCCC2)cc1. The van der Waals surface area contributed by atoms with Crippen LogP contribution in [-0.4, -0.2) is 38.8 Å². The van der Waals surface area contributed by atoms with Crippen molar-refractivity contribution in [3.63, 3.8) is 0 Å². The molecule has 0 aromatic heterocycles. The molecule has 1 atom stereocenters. The Balaban J connectivity index is 2.00. The van der Waals surface area contributed by atoms with Gasteiger partial charge < -0.3 is 15.0 Å². The number of anilines is 1. The lowest BCUT2D eigenvalue weighted by Gasteiger charge is -2.28. The van der Waals surface area contributed by atoms with Gasteiger partial charge in [-0.25, -0.2) is 0 Å². The van der Waals surface area contributed by atoms with Crippen molar-refractivity contribution in [2.24, 2.45) is 0 Å². The number of ether oxygens (including phenoxy) is 1. The van der Waals surface area contributed by atoms with Gasteiger partial charge in [-0.15, -0.1) is 0 Å². The summed E-state index contributed by atoms with van der Waals surface area (Å²) in [5.41, 5.74) is 2.18. The largest absolute Gasteiger partial charge is 0.385 e. The summed E-state index contributed by atoms with van der Waals surface area (Å²) in [6, 6.07) is 10.0. The number of nitrogens with one attached hydrogen (secondary N) is 1. The minimum absolute atomic E-state index is 0.0364. The number of piperidine rings is 1. The third kappa shape index (κ3) is 5.91. The molecule has 0 saturated carbocycles. The third-order valence-electron chi connectivity index (χ3n) is 4.42. The van der Waals surface area contributed by atoms with Gasteiger partial charge in [-0.3, -0.25) is 4.79 Å². The second-order valence-corrected chi connectivity index (χ2v) is 6.47. The number of hydrogen-bond donors (Lipinski definition) is 1. The average Bonchev–Trinajstić information content (AvgIpc) is 2.65. The van der Waals surface area contributed by atoms with Crippen LogP contribution in [0.25, 0.3) is 6.08 Å². The molecule has 2 rings (SSSR count). The molecule has 0 bridgehead atoms. The fourth-order valence-corrected chi connectivity index (χ4v) is 2.92. The minimum atomic E-state index is -0.341. The monoisotopic (exact) mass is 341 g/mol. The molecule has 1 heterocycles. The molecule has 1 amide bonds. The number of methoxy groups -OCH3 is 1. The van der Waals surface area contributed by atoms with Gasteiger partial charge in [0, 0.05) is 38.5 Å². The molecule has 1 aliphatic heterocycles. The van der Waals surface area contributed by atoms with Crippen LogP contribution in [0.15, 0.2) is 29.8 Å². The van der Waals surface area contributed by atoms with E-state index in [9.17, 15) is 10.1 Å². The Morgan fingerprint density at radius 3 is 2.60 bits per heavy atom. The van der Waals surface area contributed by atoms with E-state index in [-0.39, 0.29) is 17.5 Å². The Kier molecular flexibility index (Phi) is 7.49. The van der Waals surface area contributed by atoms with E-state index in [4.69, 9.17) is 4.74 Å². The summed E-state index contributed by atoms with van der Waals surface area (Å²) in [4.78, 5) is 14.6. The second kappa shape index (κ2) is 9.85. The summed E-state index contributed by atoms with van der Waals surface area (Å²) in [6.45, 7) is 4.67. The van der Waals surface area contributed by atoms with Gasteiger partial charge in [-0.2, -0.15) is 5.26 Å². The highest BCUT2D eigenvalue weighted by molar-refractivity contribution is 6.01. The molecule has 1 unspecified atom stereocenters.